The normalized spacial score (nSPS) is 26.8. The second-order valence-electron chi connectivity index (χ2n) is 5.61. The molecule has 0 bridgehead atoms. The lowest BCUT2D eigenvalue weighted by Gasteiger charge is -2.38. The predicted molar refractivity (Wildman–Crippen MR) is 91.8 cm³/mol. The first kappa shape index (κ1) is 17.3. The van der Waals surface area contributed by atoms with Crippen LogP contribution in [0.25, 0.3) is 0 Å². The first-order chi connectivity index (χ1) is 8.40. The minimum Gasteiger partial charge on any atom is -0.398 e. The Morgan fingerprint density at radius 3 is 2.63 bits per heavy atom. The molecule has 0 aliphatic heterocycles. The molecule has 1 aliphatic rings. The van der Waals surface area contributed by atoms with E-state index in [1.165, 1.54) is 24.8 Å². The molecule has 2 rings (SSSR count). The Hall–Kier alpha value is 0.230. The van der Waals surface area contributed by atoms with Crippen LogP contribution in [0.1, 0.15) is 38.2 Å². The number of benzene rings is 1. The highest BCUT2D eigenvalue weighted by atomic mass is 79.9. The number of rotatable bonds is 2. The van der Waals surface area contributed by atoms with Gasteiger partial charge in [0.15, 0.2) is 0 Å². The molecule has 0 aromatic heterocycles. The summed E-state index contributed by atoms with van der Waals surface area (Å²) < 4.78 is 2.02. The zero-order valence-corrected chi connectivity index (χ0v) is 15.1. The van der Waals surface area contributed by atoms with Crippen molar-refractivity contribution in [3.05, 3.63) is 26.6 Å². The SMILES string of the molecule is CC1(N)CCCCC1Cc1cc(Br)cc(Br)c1N.Cl. The third-order valence-corrected chi connectivity index (χ3v) is 5.21. The van der Waals surface area contributed by atoms with Crippen LogP contribution in [0.3, 0.4) is 0 Å². The molecule has 0 radical (unpaired) electrons. The lowest BCUT2D eigenvalue weighted by atomic mass is 9.72. The van der Waals surface area contributed by atoms with Crippen molar-refractivity contribution in [3.63, 3.8) is 0 Å². The maximum atomic E-state index is 6.43. The third-order valence-electron chi connectivity index (χ3n) is 4.10. The second-order valence-corrected chi connectivity index (χ2v) is 7.38. The van der Waals surface area contributed by atoms with Crippen LogP contribution in [-0.4, -0.2) is 5.54 Å². The molecule has 1 saturated carbocycles. The molecule has 2 atom stereocenters. The smallest absolute Gasteiger partial charge is 0.0491 e. The summed E-state index contributed by atoms with van der Waals surface area (Å²) in [5.74, 6) is 0.523. The lowest BCUT2D eigenvalue weighted by molar-refractivity contribution is 0.207. The van der Waals surface area contributed by atoms with Gasteiger partial charge in [0.25, 0.3) is 0 Å². The highest BCUT2D eigenvalue weighted by Crippen LogP contribution is 2.37. The molecule has 2 unspecified atom stereocenters. The van der Waals surface area contributed by atoms with Crippen LogP contribution < -0.4 is 11.5 Å². The molecule has 108 valence electrons. The van der Waals surface area contributed by atoms with Crippen LogP contribution in [0.5, 0.6) is 0 Å². The van der Waals surface area contributed by atoms with Crippen molar-refractivity contribution in [1.82, 2.24) is 0 Å². The van der Waals surface area contributed by atoms with Crippen LogP contribution in [0.2, 0.25) is 0 Å². The van der Waals surface area contributed by atoms with E-state index >= 15 is 0 Å². The van der Waals surface area contributed by atoms with Crippen molar-refractivity contribution >= 4 is 50.0 Å². The molecule has 0 amide bonds. The predicted octanol–water partition coefficient (Wildman–Crippen LogP) is 4.67. The summed E-state index contributed by atoms with van der Waals surface area (Å²) in [7, 11) is 0. The number of hydrogen-bond donors (Lipinski definition) is 2. The van der Waals surface area contributed by atoms with Crippen molar-refractivity contribution in [3.8, 4) is 0 Å². The van der Waals surface area contributed by atoms with E-state index in [-0.39, 0.29) is 17.9 Å². The standard InChI is InChI=1S/C14H20Br2N2.ClH/c1-14(18)5-3-2-4-10(14)6-9-7-11(15)8-12(16)13(9)17;/h7-8,10H,2-6,17-18H2,1H3;1H. The van der Waals surface area contributed by atoms with Crippen molar-refractivity contribution in [2.45, 2.75) is 44.6 Å². The van der Waals surface area contributed by atoms with Gasteiger partial charge in [-0.15, -0.1) is 12.4 Å². The Labute approximate surface area is 138 Å². The van der Waals surface area contributed by atoms with Gasteiger partial charge in [0.2, 0.25) is 0 Å². The van der Waals surface area contributed by atoms with Gasteiger partial charge in [0.05, 0.1) is 0 Å². The van der Waals surface area contributed by atoms with E-state index in [4.69, 9.17) is 11.5 Å². The minimum absolute atomic E-state index is 0. The molecule has 1 aliphatic carbocycles. The van der Waals surface area contributed by atoms with Gasteiger partial charge in [-0.25, -0.2) is 0 Å². The highest BCUT2D eigenvalue weighted by molar-refractivity contribution is 9.11. The summed E-state index contributed by atoms with van der Waals surface area (Å²) in [5, 5.41) is 0. The number of nitrogen functional groups attached to an aromatic ring is 1. The molecule has 5 heteroatoms. The molecule has 0 saturated heterocycles. The summed E-state index contributed by atoms with van der Waals surface area (Å²) in [4.78, 5) is 0. The van der Waals surface area contributed by atoms with E-state index in [9.17, 15) is 0 Å². The van der Waals surface area contributed by atoms with E-state index in [1.807, 2.05) is 6.07 Å². The average Bonchev–Trinajstić information content (AvgIpc) is 2.27. The van der Waals surface area contributed by atoms with Gasteiger partial charge in [-0.05, 0) is 65.7 Å². The van der Waals surface area contributed by atoms with Crippen molar-refractivity contribution in [2.24, 2.45) is 11.7 Å². The Balaban J connectivity index is 0.00000180. The van der Waals surface area contributed by atoms with E-state index in [0.29, 0.717) is 5.92 Å². The van der Waals surface area contributed by atoms with Gasteiger partial charge in [-0.3, -0.25) is 0 Å². The maximum Gasteiger partial charge on any atom is 0.0491 e. The fraction of sp³-hybridized carbons (Fsp3) is 0.571. The molecule has 4 N–H and O–H groups in total. The lowest BCUT2D eigenvalue weighted by Crippen LogP contribution is -2.47. The fourth-order valence-electron chi connectivity index (χ4n) is 2.84. The summed E-state index contributed by atoms with van der Waals surface area (Å²) in [6.07, 6.45) is 5.83. The second kappa shape index (κ2) is 6.79. The number of hydrogen-bond acceptors (Lipinski definition) is 2. The number of halogens is 3. The largest absolute Gasteiger partial charge is 0.398 e. The Morgan fingerprint density at radius 1 is 1.32 bits per heavy atom. The van der Waals surface area contributed by atoms with Crippen LogP contribution in [0, 0.1) is 5.92 Å². The van der Waals surface area contributed by atoms with Crippen molar-refractivity contribution in [2.75, 3.05) is 5.73 Å². The van der Waals surface area contributed by atoms with Crippen LogP contribution in [0.15, 0.2) is 21.1 Å². The Morgan fingerprint density at radius 2 is 2.00 bits per heavy atom. The summed E-state index contributed by atoms with van der Waals surface area (Å²) in [6, 6.07) is 4.10. The topological polar surface area (TPSA) is 52.0 Å². The average molecular weight is 413 g/mol. The van der Waals surface area contributed by atoms with Crippen LogP contribution >= 0.6 is 44.3 Å². The maximum absolute atomic E-state index is 6.43. The summed E-state index contributed by atoms with van der Waals surface area (Å²) in [5.41, 5.74) is 14.6. The molecule has 2 nitrogen and oxygen atoms in total. The van der Waals surface area contributed by atoms with Crippen molar-refractivity contribution < 1.29 is 0 Å². The molecular weight excluding hydrogens is 391 g/mol. The van der Waals surface area contributed by atoms with Gasteiger partial charge >= 0.3 is 0 Å². The van der Waals surface area contributed by atoms with Gasteiger partial charge in [0, 0.05) is 20.2 Å². The fourth-order valence-corrected chi connectivity index (χ4v) is 4.15. The minimum atomic E-state index is -0.0561. The molecule has 19 heavy (non-hydrogen) atoms. The Kier molecular flexibility index (Phi) is 6.18. The quantitative estimate of drug-likeness (QED) is 0.694. The molecule has 1 aromatic carbocycles. The van der Waals surface area contributed by atoms with Gasteiger partial charge in [0.1, 0.15) is 0 Å². The summed E-state index contributed by atoms with van der Waals surface area (Å²) >= 11 is 7.03. The zero-order chi connectivity index (χ0) is 13.3. The third kappa shape index (κ3) is 4.10. The monoisotopic (exact) mass is 410 g/mol. The molecule has 0 heterocycles. The summed E-state index contributed by atoms with van der Waals surface area (Å²) in [6.45, 7) is 2.18. The molecule has 0 spiro atoms. The van der Waals surface area contributed by atoms with E-state index < -0.39 is 0 Å². The molecular formula is C14H21Br2ClN2. The van der Waals surface area contributed by atoms with Gasteiger partial charge < -0.3 is 11.5 Å². The first-order valence-corrected chi connectivity index (χ1v) is 8.01. The van der Waals surface area contributed by atoms with Crippen LogP contribution in [0.4, 0.5) is 5.69 Å². The molecule has 1 aromatic rings. The van der Waals surface area contributed by atoms with E-state index in [1.54, 1.807) is 0 Å². The zero-order valence-electron chi connectivity index (χ0n) is 11.1. The highest BCUT2D eigenvalue weighted by Gasteiger charge is 2.33. The van der Waals surface area contributed by atoms with Gasteiger partial charge in [-0.2, -0.15) is 0 Å². The first-order valence-electron chi connectivity index (χ1n) is 6.42. The van der Waals surface area contributed by atoms with E-state index in [2.05, 4.69) is 44.8 Å². The molecule has 1 fully saturated rings. The van der Waals surface area contributed by atoms with E-state index in [0.717, 1.165) is 27.5 Å². The van der Waals surface area contributed by atoms with Crippen LogP contribution in [-0.2, 0) is 6.42 Å². The van der Waals surface area contributed by atoms with Gasteiger partial charge in [-0.1, -0.05) is 28.8 Å². The van der Waals surface area contributed by atoms with Crippen molar-refractivity contribution in [1.29, 1.82) is 0 Å². The Bertz CT molecular complexity index is 449. The number of nitrogens with two attached hydrogens (primary N) is 2. The number of anilines is 1.